The minimum absolute atomic E-state index is 0.177. The summed E-state index contributed by atoms with van der Waals surface area (Å²) in [6.07, 6.45) is -1.83. The first kappa shape index (κ1) is 26.6. The van der Waals surface area contributed by atoms with E-state index in [4.69, 9.17) is 16.6 Å². The number of carboxylic acids is 1. The fourth-order valence-corrected chi connectivity index (χ4v) is 2.46. The van der Waals surface area contributed by atoms with Gasteiger partial charge in [-0.15, -0.1) is 0 Å². The van der Waals surface area contributed by atoms with Crippen molar-refractivity contribution < 1.29 is 34.2 Å². The largest absolute Gasteiger partial charge is 0.480 e. The Morgan fingerprint density at radius 1 is 0.931 bits per heavy atom. The molecule has 5 atom stereocenters. The van der Waals surface area contributed by atoms with Crippen LogP contribution in [0.2, 0.25) is 0 Å². The van der Waals surface area contributed by atoms with Crippen molar-refractivity contribution in [1.82, 2.24) is 16.0 Å². The number of thiol groups is 1. The maximum absolute atomic E-state index is 12.4. The minimum atomic E-state index is -1.49. The second-order valence-corrected chi connectivity index (χ2v) is 7.18. The van der Waals surface area contributed by atoms with Gasteiger partial charge in [0.1, 0.15) is 18.1 Å². The van der Waals surface area contributed by atoms with Crippen LogP contribution in [0.25, 0.3) is 0 Å². The van der Waals surface area contributed by atoms with Crippen molar-refractivity contribution >= 4 is 42.2 Å². The van der Waals surface area contributed by atoms with Gasteiger partial charge >= 0.3 is 5.97 Å². The normalized spacial score (nSPS) is 16.1. The number of aliphatic carboxylic acids is 1. The van der Waals surface area contributed by atoms with E-state index in [1.807, 2.05) is 0 Å². The van der Waals surface area contributed by atoms with Crippen molar-refractivity contribution in [3.8, 4) is 0 Å². The predicted molar refractivity (Wildman–Crippen MR) is 106 cm³/mol. The Kier molecular flexibility index (Phi) is 11.2. The molecule has 0 heterocycles. The van der Waals surface area contributed by atoms with E-state index in [1.165, 1.54) is 6.92 Å². The summed E-state index contributed by atoms with van der Waals surface area (Å²) < 4.78 is 0. The number of nitrogens with two attached hydrogens (primary N) is 2. The summed E-state index contributed by atoms with van der Waals surface area (Å²) in [4.78, 5) is 58.8. The topological polar surface area (TPSA) is 214 Å². The molecule has 0 aromatic heterocycles. The van der Waals surface area contributed by atoms with E-state index in [2.05, 4.69) is 28.6 Å². The predicted octanol–water partition coefficient (Wildman–Crippen LogP) is -3.31. The molecule has 0 radical (unpaired) electrons. The second kappa shape index (κ2) is 12.2. The minimum Gasteiger partial charge on any atom is -0.480 e. The Balaban J connectivity index is 5.17. The Hall–Kier alpha value is -2.38. The van der Waals surface area contributed by atoms with Crippen LogP contribution in [-0.4, -0.2) is 75.8 Å². The summed E-state index contributed by atoms with van der Waals surface area (Å²) in [5, 5.41) is 25.7. The number of aliphatic hydroxyl groups excluding tert-OH is 1. The summed E-state index contributed by atoms with van der Waals surface area (Å²) >= 11 is 3.97. The maximum atomic E-state index is 12.4. The van der Waals surface area contributed by atoms with Gasteiger partial charge in [-0.3, -0.25) is 19.2 Å². The highest BCUT2D eigenvalue weighted by atomic mass is 32.1. The Bertz CT molecular complexity index is 629. The third-order valence-electron chi connectivity index (χ3n) is 3.87. The van der Waals surface area contributed by atoms with Gasteiger partial charge in [0.05, 0.1) is 18.6 Å². The molecular formula is C16H29N5O7S. The molecule has 9 N–H and O–H groups in total. The van der Waals surface area contributed by atoms with Gasteiger partial charge < -0.3 is 37.6 Å². The first-order valence-electron chi connectivity index (χ1n) is 8.78. The van der Waals surface area contributed by atoms with E-state index in [1.54, 1.807) is 13.8 Å². The molecule has 12 nitrogen and oxygen atoms in total. The summed E-state index contributed by atoms with van der Waals surface area (Å²) in [5.74, 6) is -5.28. The number of hydrogen-bond acceptors (Lipinski definition) is 8. The number of nitrogens with one attached hydrogen (secondary N) is 3. The van der Waals surface area contributed by atoms with E-state index < -0.39 is 72.2 Å². The average Bonchev–Trinajstić information content (AvgIpc) is 2.59. The molecule has 0 bridgehead atoms. The van der Waals surface area contributed by atoms with Crippen molar-refractivity contribution in [2.45, 2.75) is 57.5 Å². The quantitative estimate of drug-likeness (QED) is 0.145. The third-order valence-corrected chi connectivity index (χ3v) is 4.23. The second-order valence-electron chi connectivity index (χ2n) is 6.82. The molecule has 0 fully saturated rings. The highest BCUT2D eigenvalue weighted by Gasteiger charge is 2.32. The highest BCUT2D eigenvalue weighted by Crippen LogP contribution is 2.04. The number of primary amides is 1. The zero-order valence-electron chi connectivity index (χ0n) is 16.4. The van der Waals surface area contributed by atoms with Gasteiger partial charge in [-0.25, -0.2) is 4.79 Å². The number of hydrogen-bond donors (Lipinski definition) is 8. The third kappa shape index (κ3) is 9.11. The highest BCUT2D eigenvalue weighted by molar-refractivity contribution is 7.80. The van der Waals surface area contributed by atoms with Crippen LogP contribution in [0, 0.1) is 5.92 Å². The smallest absolute Gasteiger partial charge is 0.326 e. The molecule has 13 heteroatoms. The zero-order valence-corrected chi connectivity index (χ0v) is 17.3. The van der Waals surface area contributed by atoms with Crippen LogP contribution < -0.4 is 27.4 Å². The fraction of sp³-hybridized carbons (Fsp3) is 0.688. The van der Waals surface area contributed by atoms with Crippen LogP contribution in [0.3, 0.4) is 0 Å². The molecule has 0 saturated carbocycles. The number of aliphatic hydroxyl groups is 1. The molecule has 4 amide bonds. The van der Waals surface area contributed by atoms with Crippen LogP contribution >= 0.6 is 12.6 Å². The SMILES string of the molecule is CC(C)C(NC(=O)C(CS)NC(=O)C(NC(=O)C(N)CC(N)=O)C(C)O)C(=O)O. The molecule has 166 valence electrons. The van der Waals surface area contributed by atoms with Crippen LogP contribution in [0.5, 0.6) is 0 Å². The average molecular weight is 436 g/mol. The monoisotopic (exact) mass is 435 g/mol. The molecule has 0 aromatic carbocycles. The summed E-state index contributed by atoms with van der Waals surface area (Å²) in [6, 6.07) is -5.23. The molecule has 0 saturated heterocycles. The zero-order chi connectivity index (χ0) is 22.9. The van der Waals surface area contributed by atoms with Gasteiger partial charge in [-0.05, 0) is 12.8 Å². The van der Waals surface area contributed by atoms with E-state index in [0.29, 0.717) is 0 Å². The Morgan fingerprint density at radius 3 is 1.83 bits per heavy atom. The van der Waals surface area contributed by atoms with E-state index in [-0.39, 0.29) is 5.75 Å². The number of carbonyl (C=O) groups is 5. The van der Waals surface area contributed by atoms with E-state index >= 15 is 0 Å². The Morgan fingerprint density at radius 2 is 1.45 bits per heavy atom. The summed E-state index contributed by atoms with van der Waals surface area (Å²) in [7, 11) is 0. The van der Waals surface area contributed by atoms with Gasteiger partial charge in [-0.2, -0.15) is 12.6 Å². The number of carboxylic acid groups (broad SMARTS) is 1. The van der Waals surface area contributed by atoms with Gasteiger partial charge in [-0.1, -0.05) is 13.8 Å². The van der Waals surface area contributed by atoms with Crippen molar-refractivity contribution in [2.75, 3.05) is 5.75 Å². The number of carbonyl (C=O) groups excluding carboxylic acids is 4. The van der Waals surface area contributed by atoms with Crippen LogP contribution in [0.4, 0.5) is 0 Å². The van der Waals surface area contributed by atoms with Crippen molar-refractivity contribution in [1.29, 1.82) is 0 Å². The van der Waals surface area contributed by atoms with Gasteiger partial charge in [0.25, 0.3) is 0 Å². The van der Waals surface area contributed by atoms with E-state index in [0.717, 1.165) is 0 Å². The van der Waals surface area contributed by atoms with Gasteiger partial charge in [0.15, 0.2) is 0 Å². The molecule has 0 spiro atoms. The molecule has 0 aliphatic rings. The summed E-state index contributed by atoms with van der Waals surface area (Å²) in [6.45, 7) is 4.42. The van der Waals surface area contributed by atoms with Crippen LogP contribution in [-0.2, 0) is 24.0 Å². The van der Waals surface area contributed by atoms with Crippen molar-refractivity contribution in [3.63, 3.8) is 0 Å². The van der Waals surface area contributed by atoms with E-state index in [9.17, 15) is 29.1 Å². The molecular weight excluding hydrogens is 406 g/mol. The van der Waals surface area contributed by atoms with Crippen molar-refractivity contribution in [3.05, 3.63) is 0 Å². The number of amides is 4. The molecule has 5 unspecified atom stereocenters. The first-order chi connectivity index (χ1) is 13.3. The standard InChI is InChI=1S/C16H29N5O7S/c1-6(2)11(16(27)28)20-14(25)9(5-29)19-15(26)12(7(3)22)21-13(24)8(17)4-10(18)23/h6-9,11-12,22,29H,4-5,17H2,1-3H3,(H2,18,23)(H,19,26)(H,20,25)(H,21,24)(H,27,28). The van der Waals surface area contributed by atoms with Crippen LogP contribution in [0.1, 0.15) is 27.2 Å². The molecule has 29 heavy (non-hydrogen) atoms. The lowest BCUT2D eigenvalue weighted by Gasteiger charge is -2.26. The Labute approximate surface area is 173 Å². The first-order valence-corrected chi connectivity index (χ1v) is 9.41. The lowest BCUT2D eigenvalue weighted by Crippen LogP contribution is -2.60. The lowest BCUT2D eigenvalue weighted by atomic mass is 10.0. The molecule has 0 aromatic rings. The summed E-state index contributed by atoms with van der Waals surface area (Å²) in [5.41, 5.74) is 10.5. The van der Waals surface area contributed by atoms with Crippen molar-refractivity contribution in [2.24, 2.45) is 17.4 Å². The van der Waals surface area contributed by atoms with Crippen LogP contribution in [0.15, 0.2) is 0 Å². The van der Waals surface area contributed by atoms with Gasteiger partial charge in [0.2, 0.25) is 23.6 Å². The lowest BCUT2D eigenvalue weighted by molar-refractivity contribution is -0.143. The molecule has 0 rings (SSSR count). The van der Waals surface area contributed by atoms with Gasteiger partial charge in [0, 0.05) is 5.75 Å². The molecule has 0 aliphatic carbocycles. The fourth-order valence-electron chi connectivity index (χ4n) is 2.20. The maximum Gasteiger partial charge on any atom is 0.326 e. The number of rotatable bonds is 12. The molecule has 0 aliphatic heterocycles.